The van der Waals surface area contributed by atoms with Gasteiger partial charge < -0.3 is 20.9 Å². The second-order valence-corrected chi connectivity index (χ2v) is 7.82. The summed E-state index contributed by atoms with van der Waals surface area (Å²) in [4.78, 5) is 27.4. The standard InChI is InChI=1S/C22H26ClFN4O2/c1-3-14(2)25-21(29)17-12-15(7-9-20(17)28-10-4-5-11-28)26-22(30)27-16-6-8-19(24)18(23)13-16/h6-9,12-14H,3-5,10-11H2,1-2H3,(H,25,29)(H2,26,27,30)/t14-/m1/s1. The number of carbonyl (C=O) groups is 2. The Morgan fingerprint density at radius 2 is 1.73 bits per heavy atom. The van der Waals surface area contributed by atoms with Crippen LogP contribution >= 0.6 is 11.6 Å². The van der Waals surface area contributed by atoms with Crippen molar-refractivity contribution in [1.82, 2.24) is 5.32 Å². The highest BCUT2D eigenvalue weighted by Crippen LogP contribution is 2.28. The molecule has 1 atom stereocenters. The molecule has 3 amide bonds. The Balaban J connectivity index is 1.78. The van der Waals surface area contributed by atoms with Crippen molar-refractivity contribution < 1.29 is 14.0 Å². The lowest BCUT2D eigenvalue weighted by Gasteiger charge is -2.23. The summed E-state index contributed by atoms with van der Waals surface area (Å²) in [5, 5.41) is 8.25. The van der Waals surface area contributed by atoms with E-state index in [9.17, 15) is 14.0 Å². The van der Waals surface area contributed by atoms with E-state index in [1.165, 1.54) is 18.2 Å². The van der Waals surface area contributed by atoms with Crippen LogP contribution in [0.25, 0.3) is 0 Å². The van der Waals surface area contributed by atoms with E-state index in [0.717, 1.165) is 38.0 Å². The van der Waals surface area contributed by atoms with E-state index < -0.39 is 11.8 Å². The van der Waals surface area contributed by atoms with E-state index >= 15 is 0 Å². The molecule has 8 heteroatoms. The number of carbonyl (C=O) groups excluding carboxylic acids is 2. The average Bonchev–Trinajstić information content (AvgIpc) is 3.25. The van der Waals surface area contributed by atoms with E-state index in [2.05, 4.69) is 20.9 Å². The zero-order valence-corrected chi connectivity index (χ0v) is 17.9. The molecule has 1 fully saturated rings. The molecule has 2 aromatic rings. The smallest absolute Gasteiger partial charge is 0.323 e. The largest absolute Gasteiger partial charge is 0.371 e. The third kappa shape index (κ3) is 5.42. The Labute approximate surface area is 180 Å². The number of nitrogens with zero attached hydrogens (tertiary/aromatic N) is 1. The highest BCUT2D eigenvalue weighted by Gasteiger charge is 2.21. The normalized spacial score (nSPS) is 14.3. The minimum Gasteiger partial charge on any atom is -0.371 e. The number of urea groups is 1. The predicted molar refractivity (Wildman–Crippen MR) is 119 cm³/mol. The van der Waals surface area contributed by atoms with Gasteiger partial charge in [-0.1, -0.05) is 18.5 Å². The predicted octanol–water partition coefficient (Wildman–Crippen LogP) is 5.25. The van der Waals surface area contributed by atoms with Crippen molar-refractivity contribution in [3.63, 3.8) is 0 Å². The number of benzene rings is 2. The molecule has 3 rings (SSSR count). The van der Waals surface area contributed by atoms with Gasteiger partial charge in [0.2, 0.25) is 0 Å². The first-order chi connectivity index (χ1) is 14.4. The van der Waals surface area contributed by atoms with Gasteiger partial charge >= 0.3 is 6.03 Å². The highest BCUT2D eigenvalue weighted by atomic mass is 35.5. The second kappa shape index (κ2) is 9.80. The van der Waals surface area contributed by atoms with Crippen LogP contribution in [0.3, 0.4) is 0 Å². The number of hydrogen-bond donors (Lipinski definition) is 3. The van der Waals surface area contributed by atoms with Gasteiger partial charge in [0.05, 0.1) is 10.6 Å². The summed E-state index contributed by atoms with van der Waals surface area (Å²) in [5.41, 5.74) is 2.24. The Morgan fingerprint density at radius 1 is 1.10 bits per heavy atom. The highest BCUT2D eigenvalue weighted by molar-refractivity contribution is 6.31. The molecule has 6 nitrogen and oxygen atoms in total. The molecule has 0 unspecified atom stereocenters. The van der Waals surface area contributed by atoms with E-state index in [4.69, 9.17) is 11.6 Å². The maximum absolute atomic E-state index is 13.3. The van der Waals surface area contributed by atoms with Gasteiger partial charge in [-0.15, -0.1) is 0 Å². The zero-order chi connectivity index (χ0) is 21.7. The van der Waals surface area contributed by atoms with E-state index in [-0.39, 0.29) is 17.0 Å². The average molecular weight is 433 g/mol. The molecule has 1 heterocycles. The summed E-state index contributed by atoms with van der Waals surface area (Å²) in [7, 11) is 0. The van der Waals surface area contributed by atoms with Crippen LogP contribution in [0.1, 0.15) is 43.5 Å². The topological polar surface area (TPSA) is 73.5 Å². The van der Waals surface area contributed by atoms with Gasteiger partial charge in [-0.2, -0.15) is 0 Å². The fourth-order valence-corrected chi connectivity index (χ4v) is 3.48. The second-order valence-electron chi connectivity index (χ2n) is 7.42. The number of nitrogens with one attached hydrogen (secondary N) is 3. The first kappa shape index (κ1) is 21.9. The summed E-state index contributed by atoms with van der Waals surface area (Å²) in [6.07, 6.45) is 3.01. The molecule has 1 aliphatic rings. The molecule has 0 saturated carbocycles. The molecule has 3 N–H and O–H groups in total. The van der Waals surface area contributed by atoms with Crippen molar-refractivity contribution in [3.05, 3.63) is 52.8 Å². The van der Waals surface area contributed by atoms with Crippen molar-refractivity contribution in [1.29, 1.82) is 0 Å². The maximum Gasteiger partial charge on any atom is 0.323 e. The van der Waals surface area contributed by atoms with Gasteiger partial charge in [0.25, 0.3) is 5.91 Å². The molecule has 0 spiro atoms. The molecular weight excluding hydrogens is 407 g/mol. The lowest BCUT2D eigenvalue weighted by atomic mass is 10.1. The lowest BCUT2D eigenvalue weighted by molar-refractivity contribution is 0.0939. The van der Waals surface area contributed by atoms with Crippen molar-refractivity contribution in [2.24, 2.45) is 0 Å². The van der Waals surface area contributed by atoms with Crippen molar-refractivity contribution in [3.8, 4) is 0 Å². The number of amides is 3. The summed E-state index contributed by atoms with van der Waals surface area (Å²) in [6.45, 7) is 5.78. The fourth-order valence-electron chi connectivity index (χ4n) is 3.30. The van der Waals surface area contributed by atoms with Gasteiger partial charge in [0.15, 0.2) is 0 Å². The van der Waals surface area contributed by atoms with Gasteiger partial charge in [-0.05, 0) is 62.6 Å². The SMILES string of the molecule is CC[C@@H](C)NC(=O)c1cc(NC(=O)Nc2ccc(F)c(Cl)c2)ccc1N1CCCC1. The lowest BCUT2D eigenvalue weighted by Crippen LogP contribution is -2.33. The molecule has 160 valence electrons. The summed E-state index contributed by atoms with van der Waals surface area (Å²) in [5.74, 6) is -0.724. The Hall–Kier alpha value is -2.80. The fraction of sp³-hybridized carbons (Fsp3) is 0.364. The number of rotatable bonds is 6. The van der Waals surface area contributed by atoms with E-state index in [1.54, 1.807) is 12.1 Å². The van der Waals surface area contributed by atoms with Crippen LogP contribution in [0, 0.1) is 5.82 Å². The van der Waals surface area contributed by atoms with Crippen molar-refractivity contribution in [2.45, 2.75) is 39.2 Å². The maximum atomic E-state index is 13.3. The van der Waals surface area contributed by atoms with E-state index in [1.807, 2.05) is 19.9 Å². The van der Waals surface area contributed by atoms with Crippen LogP contribution in [0.5, 0.6) is 0 Å². The van der Waals surface area contributed by atoms with Crippen LogP contribution in [0.15, 0.2) is 36.4 Å². The zero-order valence-electron chi connectivity index (χ0n) is 17.1. The Kier molecular flexibility index (Phi) is 7.15. The number of halogens is 2. The Morgan fingerprint density at radius 3 is 2.37 bits per heavy atom. The molecule has 0 bridgehead atoms. The van der Waals surface area contributed by atoms with Crippen LogP contribution < -0.4 is 20.9 Å². The van der Waals surface area contributed by atoms with Crippen LogP contribution in [-0.4, -0.2) is 31.1 Å². The van der Waals surface area contributed by atoms with Crippen LogP contribution in [-0.2, 0) is 0 Å². The molecule has 1 saturated heterocycles. The quantitative estimate of drug-likeness (QED) is 0.583. The molecular formula is C22H26ClFN4O2. The number of hydrogen-bond acceptors (Lipinski definition) is 3. The first-order valence-electron chi connectivity index (χ1n) is 10.1. The summed E-state index contributed by atoms with van der Waals surface area (Å²) < 4.78 is 13.3. The molecule has 30 heavy (non-hydrogen) atoms. The summed E-state index contributed by atoms with van der Waals surface area (Å²) in [6, 6.07) is 8.78. The minimum atomic E-state index is -0.558. The van der Waals surface area contributed by atoms with Crippen LogP contribution in [0.2, 0.25) is 5.02 Å². The molecule has 2 aromatic carbocycles. The van der Waals surface area contributed by atoms with E-state index in [0.29, 0.717) is 16.9 Å². The van der Waals surface area contributed by atoms with Gasteiger partial charge in [0.1, 0.15) is 5.82 Å². The third-order valence-corrected chi connectivity index (χ3v) is 5.40. The molecule has 0 radical (unpaired) electrons. The van der Waals surface area contributed by atoms with Gasteiger partial charge in [-0.3, -0.25) is 4.79 Å². The summed E-state index contributed by atoms with van der Waals surface area (Å²) >= 11 is 5.75. The van der Waals surface area contributed by atoms with Crippen LogP contribution in [0.4, 0.5) is 26.2 Å². The first-order valence-corrected chi connectivity index (χ1v) is 10.5. The van der Waals surface area contributed by atoms with Gasteiger partial charge in [0, 0.05) is 36.2 Å². The molecule has 1 aliphatic heterocycles. The van der Waals surface area contributed by atoms with Crippen molar-refractivity contribution in [2.75, 3.05) is 28.6 Å². The van der Waals surface area contributed by atoms with Crippen molar-refractivity contribution >= 4 is 40.6 Å². The third-order valence-electron chi connectivity index (χ3n) is 5.11. The molecule has 0 aliphatic carbocycles. The number of anilines is 3. The minimum absolute atomic E-state index is 0.0482. The molecule has 0 aromatic heterocycles. The van der Waals surface area contributed by atoms with Gasteiger partial charge in [-0.25, -0.2) is 9.18 Å². The monoisotopic (exact) mass is 432 g/mol. The Bertz CT molecular complexity index is 931.